The van der Waals surface area contributed by atoms with Gasteiger partial charge in [-0.05, 0) is 39.0 Å². The second-order valence-corrected chi connectivity index (χ2v) is 5.91. The highest BCUT2D eigenvalue weighted by Crippen LogP contribution is 2.14. The van der Waals surface area contributed by atoms with Crippen molar-refractivity contribution >= 4 is 22.5 Å². The number of anilines is 1. The Morgan fingerprint density at radius 3 is 2.76 bits per heavy atom. The van der Waals surface area contributed by atoms with Crippen molar-refractivity contribution in [1.82, 2.24) is 19.6 Å². The molecule has 0 spiro atoms. The van der Waals surface area contributed by atoms with E-state index in [1.807, 2.05) is 20.8 Å². The fraction of sp³-hybridized carbons (Fsp3) is 0.294. The number of nitrogens with one attached hydrogen (secondary N) is 1. The SMILES string of the molecule is CCn1nc(C(=O)Nc2cnn(C(C)C)c2)c(=O)c2cc(F)ccc21. The van der Waals surface area contributed by atoms with Crippen LogP contribution in [0.4, 0.5) is 10.1 Å². The largest absolute Gasteiger partial charge is 0.318 e. The quantitative estimate of drug-likeness (QED) is 0.789. The Bertz CT molecular complexity index is 1010. The van der Waals surface area contributed by atoms with Crippen LogP contribution in [0.25, 0.3) is 10.9 Å². The molecule has 0 unspecified atom stereocenters. The molecule has 2 aromatic heterocycles. The smallest absolute Gasteiger partial charge is 0.280 e. The number of fused-ring (bicyclic) bond motifs is 1. The number of aryl methyl sites for hydroxylation is 1. The average molecular weight is 343 g/mol. The summed E-state index contributed by atoms with van der Waals surface area (Å²) in [5, 5.41) is 11.0. The number of rotatable bonds is 4. The lowest BCUT2D eigenvalue weighted by molar-refractivity contribution is 0.101. The zero-order valence-corrected chi connectivity index (χ0v) is 14.2. The van der Waals surface area contributed by atoms with Crippen LogP contribution in [-0.2, 0) is 6.54 Å². The molecule has 0 saturated carbocycles. The van der Waals surface area contributed by atoms with E-state index in [9.17, 15) is 14.0 Å². The van der Waals surface area contributed by atoms with E-state index in [2.05, 4.69) is 15.5 Å². The Labute approximate surface area is 143 Å². The number of aromatic nitrogens is 4. The number of hydrogen-bond donors (Lipinski definition) is 1. The number of hydrogen-bond acceptors (Lipinski definition) is 4. The van der Waals surface area contributed by atoms with Crippen LogP contribution < -0.4 is 10.7 Å². The second-order valence-electron chi connectivity index (χ2n) is 5.91. The minimum Gasteiger partial charge on any atom is -0.318 e. The molecule has 1 aromatic carbocycles. The van der Waals surface area contributed by atoms with Crippen molar-refractivity contribution in [3.63, 3.8) is 0 Å². The van der Waals surface area contributed by atoms with Crippen molar-refractivity contribution < 1.29 is 9.18 Å². The first-order valence-electron chi connectivity index (χ1n) is 7.96. The van der Waals surface area contributed by atoms with E-state index in [0.717, 1.165) is 6.07 Å². The molecule has 0 atom stereocenters. The molecular formula is C17H18FN5O2. The molecule has 0 aliphatic rings. The molecule has 130 valence electrons. The maximum Gasteiger partial charge on any atom is 0.280 e. The van der Waals surface area contributed by atoms with Gasteiger partial charge in [0, 0.05) is 18.8 Å². The fourth-order valence-corrected chi connectivity index (χ4v) is 2.53. The highest BCUT2D eigenvalue weighted by molar-refractivity contribution is 6.04. The summed E-state index contributed by atoms with van der Waals surface area (Å²) in [5.41, 5.74) is 0.0607. The fourth-order valence-electron chi connectivity index (χ4n) is 2.53. The summed E-state index contributed by atoms with van der Waals surface area (Å²) < 4.78 is 16.7. The van der Waals surface area contributed by atoms with Crippen LogP contribution in [0.5, 0.6) is 0 Å². The van der Waals surface area contributed by atoms with Crippen molar-refractivity contribution in [1.29, 1.82) is 0 Å². The minimum absolute atomic E-state index is 0.125. The maximum atomic E-state index is 13.5. The predicted molar refractivity (Wildman–Crippen MR) is 92.2 cm³/mol. The summed E-state index contributed by atoms with van der Waals surface area (Å²) in [6.45, 7) is 6.18. The van der Waals surface area contributed by atoms with Crippen LogP contribution in [0.1, 0.15) is 37.3 Å². The summed E-state index contributed by atoms with van der Waals surface area (Å²) in [6, 6.07) is 4.01. The maximum absolute atomic E-state index is 13.5. The first-order valence-corrected chi connectivity index (χ1v) is 7.96. The van der Waals surface area contributed by atoms with Gasteiger partial charge in [0.1, 0.15) is 5.82 Å². The predicted octanol–water partition coefficient (Wildman–Crippen LogP) is 2.59. The number of amides is 1. The Balaban J connectivity index is 2.03. The average Bonchev–Trinajstić information content (AvgIpc) is 3.04. The summed E-state index contributed by atoms with van der Waals surface area (Å²) in [6.07, 6.45) is 3.17. The van der Waals surface area contributed by atoms with Gasteiger partial charge in [-0.15, -0.1) is 0 Å². The van der Waals surface area contributed by atoms with Crippen LogP contribution >= 0.6 is 0 Å². The van der Waals surface area contributed by atoms with E-state index in [-0.39, 0.29) is 17.1 Å². The lowest BCUT2D eigenvalue weighted by Crippen LogP contribution is -2.27. The second kappa shape index (κ2) is 6.46. The summed E-state index contributed by atoms with van der Waals surface area (Å²) >= 11 is 0. The Morgan fingerprint density at radius 2 is 2.12 bits per heavy atom. The van der Waals surface area contributed by atoms with Gasteiger partial charge in [-0.2, -0.15) is 10.2 Å². The van der Waals surface area contributed by atoms with E-state index in [1.165, 1.54) is 23.0 Å². The number of halogens is 1. The third-order valence-electron chi connectivity index (χ3n) is 3.82. The normalized spacial score (nSPS) is 11.2. The number of benzene rings is 1. The molecule has 0 fully saturated rings. The van der Waals surface area contributed by atoms with Crippen molar-refractivity contribution in [2.45, 2.75) is 33.4 Å². The van der Waals surface area contributed by atoms with Crippen LogP contribution in [0.2, 0.25) is 0 Å². The molecule has 0 radical (unpaired) electrons. The zero-order chi connectivity index (χ0) is 18.1. The molecule has 0 aliphatic heterocycles. The van der Waals surface area contributed by atoms with Crippen molar-refractivity contribution in [2.24, 2.45) is 0 Å². The molecule has 7 nitrogen and oxygen atoms in total. The van der Waals surface area contributed by atoms with E-state index >= 15 is 0 Å². The Hall–Kier alpha value is -3.03. The zero-order valence-electron chi connectivity index (χ0n) is 14.2. The lowest BCUT2D eigenvalue weighted by Gasteiger charge is -2.10. The first-order chi connectivity index (χ1) is 11.9. The molecule has 0 saturated heterocycles. The molecule has 8 heteroatoms. The van der Waals surface area contributed by atoms with E-state index < -0.39 is 17.2 Å². The van der Waals surface area contributed by atoms with Crippen LogP contribution in [0, 0.1) is 5.82 Å². The number of carbonyl (C=O) groups is 1. The number of nitrogens with zero attached hydrogens (tertiary/aromatic N) is 4. The topological polar surface area (TPSA) is 81.8 Å². The van der Waals surface area contributed by atoms with Gasteiger partial charge in [0.2, 0.25) is 5.43 Å². The van der Waals surface area contributed by atoms with Crippen LogP contribution in [0.15, 0.2) is 35.4 Å². The molecule has 0 bridgehead atoms. The molecule has 25 heavy (non-hydrogen) atoms. The third-order valence-corrected chi connectivity index (χ3v) is 3.82. The van der Waals surface area contributed by atoms with Gasteiger partial charge in [0.15, 0.2) is 5.69 Å². The third kappa shape index (κ3) is 3.15. The van der Waals surface area contributed by atoms with Gasteiger partial charge < -0.3 is 5.32 Å². The number of carbonyl (C=O) groups excluding carboxylic acids is 1. The van der Waals surface area contributed by atoms with Gasteiger partial charge in [0.05, 0.1) is 22.8 Å². The van der Waals surface area contributed by atoms with Crippen molar-refractivity contribution in [2.75, 3.05) is 5.32 Å². The van der Waals surface area contributed by atoms with Crippen molar-refractivity contribution in [3.05, 3.63) is 52.3 Å². The van der Waals surface area contributed by atoms with Gasteiger partial charge in [0.25, 0.3) is 5.91 Å². The molecule has 3 rings (SSSR count). The Kier molecular flexibility index (Phi) is 4.35. The monoisotopic (exact) mass is 343 g/mol. The molecule has 3 aromatic rings. The van der Waals surface area contributed by atoms with Gasteiger partial charge in [-0.1, -0.05) is 0 Å². The van der Waals surface area contributed by atoms with E-state index in [0.29, 0.717) is 17.7 Å². The minimum atomic E-state index is -0.651. The molecular weight excluding hydrogens is 325 g/mol. The van der Waals surface area contributed by atoms with Gasteiger partial charge in [-0.3, -0.25) is 19.0 Å². The lowest BCUT2D eigenvalue weighted by atomic mass is 10.2. The van der Waals surface area contributed by atoms with E-state index in [1.54, 1.807) is 10.9 Å². The highest BCUT2D eigenvalue weighted by atomic mass is 19.1. The van der Waals surface area contributed by atoms with Crippen LogP contribution in [-0.4, -0.2) is 25.5 Å². The summed E-state index contributed by atoms with van der Waals surface area (Å²) in [7, 11) is 0. The van der Waals surface area contributed by atoms with Gasteiger partial charge >= 0.3 is 0 Å². The molecule has 0 aliphatic carbocycles. The van der Waals surface area contributed by atoms with E-state index in [4.69, 9.17) is 0 Å². The summed E-state index contributed by atoms with van der Waals surface area (Å²) in [4.78, 5) is 25.1. The van der Waals surface area contributed by atoms with Crippen molar-refractivity contribution in [3.8, 4) is 0 Å². The highest BCUT2D eigenvalue weighted by Gasteiger charge is 2.18. The summed E-state index contributed by atoms with van der Waals surface area (Å²) in [5.74, 6) is -1.19. The standard InChI is InChI=1S/C17H18FN5O2/c1-4-22-14-6-5-11(18)7-13(14)16(24)15(21-22)17(25)20-12-8-19-23(9-12)10(2)3/h5-10H,4H2,1-3H3,(H,20,25). The first kappa shape index (κ1) is 16.8. The molecule has 1 N–H and O–H groups in total. The molecule has 1 amide bonds. The molecule has 2 heterocycles. The Morgan fingerprint density at radius 1 is 1.36 bits per heavy atom. The van der Waals surface area contributed by atoms with Gasteiger partial charge in [-0.25, -0.2) is 4.39 Å². The van der Waals surface area contributed by atoms with Crippen LogP contribution in [0.3, 0.4) is 0 Å².